The molecule has 136 valence electrons. The lowest BCUT2D eigenvalue weighted by Gasteiger charge is -2.20. The molecule has 1 aliphatic rings. The Labute approximate surface area is 159 Å². The van der Waals surface area contributed by atoms with Crippen LogP contribution in [-0.4, -0.2) is 22.0 Å². The van der Waals surface area contributed by atoms with E-state index in [4.69, 9.17) is 11.6 Å². The highest BCUT2D eigenvalue weighted by atomic mass is 16.2. The van der Waals surface area contributed by atoms with Crippen LogP contribution in [0.15, 0.2) is 48.5 Å². The van der Waals surface area contributed by atoms with E-state index in [-0.39, 0.29) is 5.91 Å². The number of fused-ring (bicyclic) bond motifs is 2. The van der Waals surface area contributed by atoms with Crippen molar-refractivity contribution in [2.24, 2.45) is 0 Å². The number of amides is 1. The van der Waals surface area contributed by atoms with Gasteiger partial charge in [-0.3, -0.25) is 4.79 Å². The summed E-state index contributed by atoms with van der Waals surface area (Å²) < 4.78 is 2.15. The Kier molecular flexibility index (Phi) is 4.19. The van der Waals surface area contributed by atoms with Crippen LogP contribution >= 0.6 is 0 Å². The molecule has 5 nitrogen and oxygen atoms in total. The van der Waals surface area contributed by atoms with Gasteiger partial charge in [-0.2, -0.15) is 0 Å². The number of para-hydroxylation sites is 3. The lowest BCUT2D eigenvalue weighted by atomic mass is 9.86. The van der Waals surface area contributed by atoms with Gasteiger partial charge in [0.05, 0.1) is 23.0 Å². The predicted octanol–water partition coefficient (Wildman–Crippen LogP) is 4.17. The molecule has 4 rings (SSSR count). The maximum absolute atomic E-state index is 13.1. The van der Waals surface area contributed by atoms with E-state index < -0.39 is 5.41 Å². The first kappa shape index (κ1) is 17.3. The summed E-state index contributed by atoms with van der Waals surface area (Å²) in [5.74, 6) is 0.963. The minimum Gasteiger partial charge on any atom is -0.326 e. The van der Waals surface area contributed by atoms with E-state index in [1.54, 1.807) is 0 Å². The molecule has 0 saturated heterocycles. The zero-order chi connectivity index (χ0) is 19.0. The molecule has 1 amide bonds. The molecule has 0 N–H and O–H groups in total. The average Bonchev–Trinajstić information content (AvgIpc) is 3.11. The molecule has 0 bridgehead atoms. The van der Waals surface area contributed by atoms with E-state index in [9.17, 15) is 4.79 Å². The fourth-order valence-corrected chi connectivity index (χ4v) is 3.90. The monoisotopic (exact) mass is 358 g/mol. The van der Waals surface area contributed by atoms with Crippen LogP contribution in [0.1, 0.15) is 31.7 Å². The lowest BCUT2D eigenvalue weighted by Crippen LogP contribution is -2.36. The molecule has 0 aliphatic carbocycles. The smallest absolute Gasteiger partial charge is 0.237 e. The molecule has 0 atom stereocenters. The molecule has 2 heterocycles. The second-order valence-electron chi connectivity index (χ2n) is 7.44. The second kappa shape index (κ2) is 6.55. The van der Waals surface area contributed by atoms with Crippen LogP contribution in [0.3, 0.4) is 0 Å². The van der Waals surface area contributed by atoms with Crippen molar-refractivity contribution in [2.45, 2.75) is 38.8 Å². The van der Waals surface area contributed by atoms with Crippen molar-refractivity contribution in [3.8, 4) is 0 Å². The van der Waals surface area contributed by atoms with Crippen LogP contribution in [0.2, 0.25) is 0 Å². The number of aryl methyl sites for hydroxylation is 1. The van der Waals surface area contributed by atoms with Gasteiger partial charge in [-0.15, -0.1) is 0 Å². The molecule has 1 aliphatic heterocycles. The molecule has 5 heteroatoms. The van der Waals surface area contributed by atoms with Crippen molar-refractivity contribution in [2.75, 3.05) is 11.4 Å². The highest BCUT2D eigenvalue weighted by Gasteiger charge is 2.43. The molecule has 0 fully saturated rings. The van der Waals surface area contributed by atoms with Crippen molar-refractivity contribution in [1.82, 2.24) is 9.55 Å². The summed E-state index contributed by atoms with van der Waals surface area (Å²) in [5.41, 5.74) is 3.47. The number of hydrogen-bond acceptors (Lipinski definition) is 2. The first-order valence-corrected chi connectivity index (χ1v) is 9.23. The van der Waals surface area contributed by atoms with Crippen molar-refractivity contribution < 1.29 is 4.79 Å². The van der Waals surface area contributed by atoms with Gasteiger partial charge < -0.3 is 14.3 Å². The Hall–Kier alpha value is -3.13. The summed E-state index contributed by atoms with van der Waals surface area (Å²) in [6, 6.07) is 16.0. The van der Waals surface area contributed by atoms with Gasteiger partial charge in [-0.1, -0.05) is 30.3 Å². The highest BCUT2D eigenvalue weighted by Crippen LogP contribution is 2.42. The van der Waals surface area contributed by atoms with Crippen LogP contribution in [0.4, 0.5) is 5.69 Å². The van der Waals surface area contributed by atoms with Gasteiger partial charge in [0, 0.05) is 18.7 Å². The van der Waals surface area contributed by atoms with E-state index in [0.717, 1.165) is 41.1 Å². The molecule has 0 radical (unpaired) electrons. The van der Waals surface area contributed by atoms with E-state index in [0.29, 0.717) is 13.1 Å². The number of rotatable bonds is 5. The summed E-state index contributed by atoms with van der Waals surface area (Å²) >= 11 is 0. The van der Waals surface area contributed by atoms with Crippen LogP contribution in [0, 0.1) is 6.57 Å². The third-order valence-electron chi connectivity index (χ3n) is 5.33. The molecule has 0 unspecified atom stereocenters. The molecule has 2 aromatic carbocycles. The van der Waals surface area contributed by atoms with Crippen LogP contribution < -0.4 is 4.90 Å². The topological polar surface area (TPSA) is 42.5 Å². The number of carbonyl (C=O) groups excluding carboxylic acids is 1. The number of anilines is 1. The Bertz CT molecular complexity index is 1060. The van der Waals surface area contributed by atoms with Gasteiger partial charge in [-0.05, 0) is 37.6 Å². The van der Waals surface area contributed by atoms with Crippen LogP contribution in [0.25, 0.3) is 15.9 Å². The fraction of sp³-hybridized carbons (Fsp3) is 0.318. The minimum absolute atomic E-state index is 0.100. The SMILES string of the molecule is [C-]#[N+]CCCn1c(CN2C(=O)C(C)(C)c3ccccc32)nc2ccccc21. The number of carbonyl (C=O) groups is 1. The third kappa shape index (κ3) is 2.78. The lowest BCUT2D eigenvalue weighted by molar-refractivity contribution is -0.122. The summed E-state index contributed by atoms with van der Waals surface area (Å²) in [5, 5.41) is 0. The maximum atomic E-state index is 13.1. The van der Waals surface area contributed by atoms with Crippen molar-refractivity contribution >= 4 is 22.6 Å². The van der Waals surface area contributed by atoms with Crippen molar-refractivity contribution in [3.63, 3.8) is 0 Å². The minimum atomic E-state index is -0.530. The Morgan fingerprint density at radius 2 is 1.85 bits per heavy atom. The zero-order valence-corrected chi connectivity index (χ0v) is 15.6. The number of aromatic nitrogens is 2. The number of imidazole rings is 1. The molecule has 1 aromatic heterocycles. The number of nitrogens with zero attached hydrogens (tertiary/aromatic N) is 4. The summed E-state index contributed by atoms with van der Waals surface area (Å²) in [7, 11) is 0. The zero-order valence-electron chi connectivity index (χ0n) is 15.6. The molecule has 27 heavy (non-hydrogen) atoms. The van der Waals surface area contributed by atoms with Gasteiger partial charge in [-0.25, -0.2) is 11.6 Å². The Morgan fingerprint density at radius 3 is 2.67 bits per heavy atom. The molecule has 0 spiro atoms. The number of benzene rings is 2. The van der Waals surface area contributed by atoms with Gasteiger partial charge in [0.1, 0.15) is 5.82 Å². The first-order valence-electron chi connectivity index (χ1n) is 9.23. The van der Waals surface area contributed by atoms with Crippen LogP contribution in [0.5, 0.6) is 0 Å². The van der Waals surface area contributed by atoms with E-state index in [2.05, 4.69) is 9.41 Å². The Morgan fingerprint density at radius 1 is 1.11 bits per heavy atom. The van der Waals surface area contributed by atoms with E-state index >= 15 is 0 Å². The highest BCUT2D eigenvalue weighted by molar-refractivity contribution is 6.07. The Balaban J connectivity index is 1.75. The normalized spacial score (nSPS) is 15.1. The standard InChI is InChI=1S/C22H22N4O/c1-22(2)16-9-4-6-11-18(16)26(21(22)27)15-20-24-17-10-5-7-12-19(17)25(20)14-8-13-23-3/h4-7,9-12H,8,13-15H2,1-2H3. The maximum Gasteiger partial charge on any atom is 0.237 e. The summed E-state index contributed by atoms with van der Waals surface area (Å²) in [4.78, 5) is 23.2. The van der Waals surface area contributed by atoms with Gasteiger partial charge in [0.15, 0.2) is 0 Å². The fourth-order valence-electron chi connectivity index (χ4n) is 3.90. The molecular weight excluding hydrogens is 336 g/mol. The van der Waals surface area contributed by atoms with E-state index in [1.165, 1.54) is 0 Å². The number of hydrogen-bond donors (Lipinski definition) is 0. The van der Waals surface area contributed by atoms with E-state index in [1.807, 2.05) is 67.3 Å². The summed E-state index contributed by atoms with van der Waals surface area (Å²) in [6.45, 7) is 12.6. The van der Waals surface area contributed by atoms with Gasteiger partial charge in [0.25, 0.3) is 0 Å². The first-order chi connectivity index (χ1) is 13.0. The van der Waals surface area contributed by atoms with Gasteiger partial charge in [0.2, 0.25) is 12.5 Å². The van der Waals surface area contributed by atoms with Crippen molar-refractivity contribution in [3.05, 3.63) is 71.3 Å². The van der Waals surface area contributed by atoms with Gasteiger partial charge >= 0.3 is 0 Å². The predicted molar refractivity (Wildman–Crippen MR) is 106 cm³/mol. The average molecular weight is 358 g/mol. The molecular formula is C22H22N4O. The third-order valence-corrected chi connectivity index (χ3v) is 5.33. The molecule has 3 aromatic rings. The largest absolute Gasteiger partial charge is 0.326 e. The van der Waals surface area contributed by atoms with Crippen molar-refractivity contribution in [1.29, 1.82) is 0 Å². The quantitative estimate of drug-likeness (QED) is 0.507. The van der Waals surface area contributed by atoms with Crippen LogP contribution in [-0.2, 0) is 23.3 Å². The second-order valence-corrected chi connectivity index (χ2v) is 7.44. The summed E-state index contributed by atoms with van der Waals surface area (Å²) in [6.07, 6.45) is 0.771. The molecule has 0 saturated carbocycles.